The first kappa shape index (κ1) is 27.4. The van der Waals surface area contributed by atoms with Crippen molar-refractivity contribution >= 4 is 34.6 Å². The molecule has 0 bridgehead atoms. The molecule has 10 heteroatoms. The number of aryl methyl sites for hydroxylation is 1. The number of hydrogen-bond donors (Lipinski definition) is 2. The van der Waals surface area contributed by atoms with Crippen molar-refractivity contribution in [2.45, 2.75) is 26.8 Å². The van der Waals surface area contributed by atoms with Crippen molar-refractivity contribution < 1.29 is 19.2 Å². The maximum absolute atomic E-state index is 13.2. The fraction of sp³-hybridized carbons (Fsp3) is 0.310. The van der Waals surface area contributed by atoms with E-state index in [1.54, 1.807) is 38.3 Å². The lowest BCUT2D eigenvalue weighted by atomic mass is 10.1. The van der Waals surface area contributed by atoms with Crippen LogP contribution in [0.5, 0.6) is 5.75 Å². The summed E-state index contributed by atoms with van der Waals surface area (Å²) in [6.07, 6.45) is 0. The van der Waals surface area contributed by atoms with Gasteiger partial charge in [0.05, 0.1) is 23.3 Å². The lowest BCUT2D eigenvalue weighted by Crippen LogP contribution is -2.47. The highest BCUT2D eigenvalue weighted by Gasteiger charge is 2.24. The maximum Gasteiger partial charge on any atom is 0.273 e. The van der Waals surface area contributed by atoms with E-state index in [4.69, 9.17) is 4.74 Å². The first-order valence-corrected chi connectivity index (χ1v) is 12.8. The van der Waals surface area contributed by atoms with Crippen LogP contribution in [0.3, 0.4) is 0 Å². The van der Waals surface area contributed by atoms with Crippen LogP contribution in [0.1, 0.15) is 40.1 Å². The van der Waals surface area contributed by atoms with Crippen LogP contribution in [0, 0.1) is 17.0 Å². The zero-order valence-electron chi connectivity index (χ0n) is 22.6. The Kier molecular flexibility index (Phi) is 8.33. The number of para-hydroxylation sites is 2. The van der Waals surface area contributed by atoms with Gasteiger partial charge in [0.25, 0.3) is 17.5 Å². The molecule has 1 aliphatic heterocycles. The van der Waals surface area contributed by atoms with Crippen molar-refractivity contribution in [2.75, 3.05) is 48.4 Å². The fourth-order valence-corrected chi connectivity index (χ4v) is 4.64. The van der Waals surface area contributed by atoms with Crippen molar-refractivity contribution in [1.82, 2.24) is 5.32 Å². The SMILES string of the molecule is COc1ccccc1N1CCN(c2ccc(NC(=O)c3ccc(C)c([N+](=O)[O-])c3)cc2C(=O)NC(C)C)CC1. The van der Waals surface area contributed by atoms with Crippen molar-refractivity contribution in [3.05, 3.63) is 87.5 Å². The Balaban J connectivity index is 1.56. The van der Waals surface area contributed by atoms with Crippen molar-refractivity contribution in [3.63, 3.8) is 0 Å². The number of ether oxygens (including phenoxy) is 1. The Morgan fingerprint density at radius 3 is 2.23 bits per heavy atom. The second kappa shape index (κ2) is 11.8. The summed E-state index contributed by atoms with van der Waals surface area (Å²) in [6.45, 7) is 8.28. The van der Waals surface area contributed by atoms with Crippen LogP contribution in [-0.2, 0) is 0 Å². The van der Waals surface area contributed by atoms with E-state index in [0.717, 1.165) is 30.2 Å². The number of carbonyl (C=O) groups is 2. The number of carbonyl (C=O) groups excluding carboxylic acids is 2. The van der Waals surface area contributed by atoms with Gasteiger partial charge in [0, 0.05) is 60.8 Å². The Bertz CT molecular complexity index is 1380. The molecule has 1 fully saturated rings. The minimum Gasteiger partial charge on any atom is -0.495 e. The van der Waals surface area contributed by atoms with E-state index in [-0.39, 0.29) is 23.2 Å². The largest absolute Gasteiger partial charge is 0.495 e. The number of nitrogens with zero attached hydrogens (tertiary/aromatic N) is 3. The van der Waals surface area contributed by atoms with Gasteiger partial charge in [-0.2, -0.15) is 0 Å². The molecule has 3 aromatic rings. The lowest BCUT2D eigenvalue weighted by molar-refractivity contribution is -0.385. The van der Waals surface area contributed by atoms with E-state index in [9.17, 15) is 19.7 Å². The van der Waals surface area contributed by atoms with Crippen LogP contribution in [0.15, 0.2) is 60.7 Å². The molecule has 0 saturated carbocycles. The summed E-state index contributed by atoms with van der Waals surface area (Å²) in [5, 5.41) is 17.0. The minimum absolute atomic E-state index is 0.0703. The highest BCUT2D eigenvalue weighted by Crippen LogP contribution is 2.31. The van der Waals surface area contributed by atoms with Crippen LogP contribution in [0.25, 0.3) is 0 Å². The quantitative estimate of drug-likeness (QED) is 0.322. The summed E-state index contributed by atoms with van der Waals surface area (Å²) in [7, 11) is 1.66. The van der Waals surface area contributed by atoms with Gasteiger partial charge < -0.3 is 25.2 Å². The third-order valence-corrected chi connectivity index (χ3v) is 6.63. The summed E-state index contributed by atoms with van der Waals surface area (Å²) in [6, 6.07) is 17.4. The topological polar surface area (TPSA) is 117 Å². The molecule has 0 aromatic heterocycles. The first-order valence-electron chi connectivity index (χ1n) is 12.8. The number of amides is 2. The first-order chi connectivity index (χ1) is 18.7. The van der Waals surface area contributed by atoms with E-state index in [1.807, 2.05) is 44.2 Å². The number of benzene rings is 3. The van der Waals surface area contributed by atoms with E-state index in [1.165, 1.54) is 6.07 Å². The van der Waals surface area contributed by atoms with Gasteiger partial charge >= 0.3 is 0 Å². The van der Waals surface area contributed by atoms with Gasteiger partial charge in [-0.3, -0.25) is 19.7 Å². The third-order valence-electron chi connectivity index (χ3n) is 6.63. The second-order valence-corrected chi connectivity index (χ2v) is 9.72. The average molecular weight is 532 g/mol. The number of nitrogens with one attached hydrogen (secondary N) is 2. The van der Waals surface area contributed by atoms with E-state index in [0.29, 0.717) is 29.9 Å². The van der Waals surface area contributed by atoms with E-state index < -0.39 is 10.8 Å². The van der Waals surface area contributed by atoms with Crippen LogP contribution in [0.4, 0.5) is 22.7 Å². The number of hydrogen-bond acceptors (Lipinski definition) is 7. The molecular weight excluding hydrogens is 498 g/mol. The van der Waals surface area contributed by atoms with Crippen LogP contribution < -0.4 is 25.2 Å². The lowest BCUT2D eigenvalue weighted by Gasteiger charge is -2.38. The maximum atomic E-state index is 13.2. The summed E-state index contributed by atoms with van der Waals surface area (Å²) >= 11 is 0. The Labute approximate surface area is 227 Å². The monoisotopic (exact) mass is 531 g/mol. The molecular formula is C29H33N5O5. The zero-order valence-corrected chi connectivity index (χ0v) is 22.6. The predicted octanol–water partition coefficient (Wildman–Crippen LogP) is 4.63. The van der Waals surface area contributed by atoms with E-state index >= 15 is 0 Å². The number of nitro benzene ring substituents is 1. The molecule has 2 amide bonds. The molecule has 2 N–H and O–H groups in total. The number of methoxy groups -OCH3 is 1. The van der Waals surface area contributed by atoms with Crippen LogP contribution in [-0.4, -0.2) is 56.1 Å². The molecule has 0 unspecified atom stereocenters. The summed E-state index contributed by atoms with van der Waals surface area (Å²) in [5.74, 6) is 0.0858. The Morgan fingerprint density at radius 1 is 0.923 bits per heavy atom. The third kappa shape index (κ3) is 6.28. The molecule has 1 heterocycles. The Hall–Kier alpha value is -4.60. The van der Waals surface area contributed by atoms with Gasteiger partial charge in [0.15, 0.2) is 0 Å². The number of nitro groups is 1. The highest BCUT2D eigenvalue weighted by atomic mass is 16.6. The van der Waals surface area contributed by atoms with Crippen molar-refractivity contribution in [2.24, 2.45) is 0 Å². The summed E-state index contributed by atoms with van der Waals surface area (Å²) < 4.78 is 5.52. The predicted molar refractivity (Wildman–Crippen MR) is 152 cm³/mol. The van der Waals surface area contributed by atoms with Crippen molar-refractivity contribution in [1.29, 1.82) is 0 Å². The molecule has 0 radical (unpaired) electrons. The minimum atomic E-state index is -0.511. The van der Waals surface area contributed by atoms with Gasteiger partial charge in [0.1, 0.15) is 5.75 Å². The molecule has 4 rings (SSSR count). The fourth-order valence-electron chi connectivity index (χ4n) is 4.64. The molecule has 10 nitrogen and oxygen atoms in total. The molecule has 0 atom stereocenters. The molecule has 1 saturated heterocycles. The van der Waals surface area contributed by atoms with Crippen molar-refractivity contribution in [3.8, 4) is 5.75 Å². The second-order valence-electron chi connectivity index (χ2n) is 9.72. The molecule has 0 spiro atoms. The van der Waals surface area contributed by atoms with Gasteiger partial charge in [-0.05, 0) is 57.2 Å². The number of rotatable bonds is 8. The smallest absolute Gasteiger partial charge is 0.273 e. The molecule has 0 aliphatic carbocycles. The van der Waals surface area contributed by atoms with Crippen LogP contribution in [0.2, 0.25) is 0 Å². The van der Waals surface area contributed by atoms with Crippen LogP contribution >= 0.6 is 0 Å². The van der Waals surface area contributed by atoms with Gasteiger partial charge in [-0.1, -0.05) is 18.2 Å². The van der Waals surface area contributed by atoms with Gasteiger partial charge in [0.2, 0.25) is 0 Å². The number of piperazine rings is 1. The molecule has 1 aliphatic rings. The molecule has 39 heavy (non-hydrogen) atoms. The van der Waals surface area contributed by atoms with E-state index in [2.05, 4.69) is 20.4 Å². The molecule has 3 aromatic carbocycles. The van der Waals surface area contributed by atoms with Gasteiger partial charge in [-0.15, -0.1) is 0 Å². The zero-order chi connectivity index (χ0) is 28.1. The highest BCUT2D eigenvalue weighted by molar-refractivity contribution is 6.06. The average Bonchev–Trinajstić information content (AvgIpc) is 2.92. The standard InChI is InChI=1S/C29H33N5O5/c1-19(2)30-29(36)23-18-22(31-28(35)21-10-9-20(3)26(17-21)34(37)38)11-12-24(23)32-13-15-33(16-14-32)25-7-5-6-8-27(25)39-4/h5-12,17-19H,13-16H2,1-4H3,(H,30,36)(H,31,35). The normalized spacial score (nSPS) is 13.3. The number of anilines is 3. The summed E-state index contributed by atoms with van der Waals surface area (Å²) in [4.78, 5) is 41.3. The Morgan fingerprint density at radius 2 is 1.59 bits per heavy atom. The molecule has 204 valence electrons. The summed E-state index contributed by atoms with van der Waals surface area (Å²) in [5.41, 5.74) is 3.19. The van der Waals surface area contributed by atoms with Gasteiger partial charge in [-0.25, -0.2) is 0 Å².